The summed E-state index contributed by atoms with van der Waals surface area (Å²) in [6, 6.07) is 0.691. The Morgan fingerprint density at radius 3 is 2.59 bits per heavy atom. The summed E-state index contributed by atoms with van der Waals surface area (Å²) in [6.45, 7) is 14.0. The van der Waals surface area contributed by atoms with Gasteiger partial charge in [0.25, 0.3) is 0 Å². The normalized spacial score (nSPS) is 36.5. The third-order valence-electron chi connectivity index (χ3n) is 4.88. The topological polar surface area (TPSA) is 15.7 Å². The fourth-order valence-electron chi connectivity index (χ4n) is 3.73. The number of nitrogens with zero attached hydrogens (tertiary/aromatic N) is 2. The van der Waals surface area contributed by atoms with E-state index in [1.54, 1.807) is 0 Å². The minimum absolute atomic E-state index is 0.230. The van der Waals surface area contributed by atoms with Crippen LogP contribution in [0.2, 0.25) is 0 Å². The van der Waals surface area contributed by atoms with Gasteiger partial charge < -0.3 is 4.74 Å². The van der Waals surface area contributed by atoms with Crippen LogP contribution in [0.15, 0.2) is 0 Å². The Balaban J connectivity index is 1.55. The van der Waals surface area contributed by atoms with Crippen LogP contribution in [0.3, 0.4) is 0 Å². The minimum atomic E-state index is 0.230. The average molecular weight is 238 g/mol. The predicted octanol–water partition coefficient (Wildman–Crippen LogP) is 1.58. The summed E-state index contributed by atoms with van der Waals surface area (Å²) < 4.78 is 6.12. The van der Waals surface area contributed by atoms with E-state index >= 15 is 0 Å². The van der Waals surface area contributed by atoms with Crippen molar-refractivity contribution in [3.63, 3.8) is 0 Å². The largest absolute Gasteiger partial charge is 0.371 e. The van der Waals surface area contributed by atoms with Crippen molar-refractivity contribution < 1.29 is 4.74 Å². The Morgan fingerprint density at radius 2 is 2.00 bits per heavy atom. The van der Waals surface area contributed by atoms with Crippen molar-refractivity contribution in [2.24, 2.45) is 5.41 Å². The fraction of sp³-hybridized carbons (Fsp3) is 1.00. The molecule has 0 aromatic rings. The first-order valence-electron chi connectivity index (χ1n) is 7.12. The minimum Gasteiger partial charge on any atom is -0.371 e. The van der Waals surface area contributed by atoms with Crippen LogP contribution < -0.4 is 0 Å². The van der Waals surface area contributed by atoms with Crippen molar-refractivity contribution in [3.05, 3.63) is 0 Å². The van der Waals surface area contributed by atoms with Crippen LogP contribution in [0, 0.1) is 5.41 Å². The summed E-state index contributed by atoms with van der Waals surface area (Å²) in [6.07, 6.45) is 2.61. The summed E-state index contributed by atoms with van der Waals surface area (Å²) in [5.74, 6) is 0. The lowest BCUT2D eigenvalue weighted by molar-refractivity contribution is -0.109. The maximum absolute atomic E-state index is 6.12. The van der Waals surface area contributed by atoms with Crippen molar-refractivity contribution in [3.8, 4) is 0 Å². The molecule has 0 N–H and O–H groups in total. The molecule has 98 valence electrons. The van der Waals surface area contributed by atoms with Gasteiger partial charge in [-0.1, -0.05) is 20.8 Å². The molecule has 3 saturated heterocycles. The van der Waals surface area contributed by atoms with Crippen LogP contribution >= 0.6 is 0 Å². The van der Waals surface area contributed by atoms with Gasteiger partial charge in [-0.3, -0.25) is 9.80 Å². The molecule has 3 heteroatoms. The lowest BCUT2D eigenvalue weighted by Gasteiger charge is -2.47. The number of hydrogen-bond acceptors (Lipinski definition) is 3. The molecule has 3 aliphatic heterocycles. The molecule has 3 nitrogen and oxygen atoms in total. The molecule has 3 heterocycles. The van der Waals surface area contributed by atoms with Gasteiger partial charge in [-0.2, -0.15) is 0 Å². The molecule has 0 aromatic carbocycles. The van der Waals surface area contributed by atoms with E-state index in [0.29, 0.717) is 11.5 Å². The van der Waals surface area contributed by atoms with E-state index in [1.165, 1.54) is 32.5 Å². The highest BCUT2D eigenvalue weighted by Crippen LogP contribution is 2.39. The lowest BCUT2D eigenvalue weighted by atomic mass is 9.89. The van der Waals surface area contributed by atoms with E-state index < -0.39 is 0 Å². The van der Waals surface area contributed by atoms with E-state index in [9.17, 15) is 0 Å². The van der Waals surface area contributed by atoms with Crippen molar-refractivity contribution in [2.45, 2.75) is 45.3 Å². The van der Waals surface area contributed by atoms with E-state index in [0.717, 1.165) is 19.7 Å². The summed E-state index contributed by atoms with van der Waals surface area (Å²) >= 11 is 0. The number of likely N-dealkylation sites (N-methyl/N-ethyl adjacent to an activating group) is 1. The van der Waals surface area contributed by atoms with E-state index in [1.807, 2.05) is 0 Å². The standard InChI is InChI=1S/C14H26N2O/c1-4-15-10-14(11-15)7-12(8-17-14)16-6-5-13(2,3)9-16/h12H,4-11H2,1-3H3. The number of ether oxygens (including phenoxy) is 1. The van der Waals surface area contributed by atoms with Gasteiger partial charge in [-0.25, -0.2) is 0 Å². The second-order valence-corrected chi connectivity index (χ2v) is 7.04. The van der Waals surface area contributed by atoms with Crippen LogP contribution in [0.5, 0.6) is 0 Å². The molecule has 0 radical (unpaired) electrons. The highest BCUT2D eigenvalue weighted by Gasteiger charge is 2.51. The summed E-state index contributed by atoms with van der Waals surface area (Å²) in [7, 11) is 0. The van der Waals surface area contributed by atoms with Crippen molar-refractivity contribution in [1.29, 1.82) is 0 Å². The second-order valence-electron chi connectivity index (χ2n) is 7.04. The molecule has 3 rings (SSSR count). The van der Waals surface area contributed by atoms with Gasteiger partial charge in [0.2, 0.25) is 0 Å². The van der Waals surface area contributed by atoms with Gasteiger partial charge in [0.1, 0.15) is 0 Å². The van der Waals surface area contributed by atoms with Crippen LogP contribution in [0.1, 0.15) is 33.6 Å². The van der Waals surface area contributed by atoms with Gasteiger partial charge in [-0.05, 0) is 31.3 Å². The maximum atomic E-state index is 6.12. The Labute approximate surface area is 105 Å². The van der Waals surface area contributed by atoms with E-state index in [-0.39, 0.29) is 5.60 Å². The quantitative estimate of drug-likeness (QED) is 0.726. The smallest absolute Gasteiger partial charge is 0.0951 e. The first-order valence-corrected chi connectivity index (χ1v) is 7.12. The van der Waals surface area contributed by atoms with E-state index in [2.05, 4.69) is 30.6 Å². The highest BCUT2D eigenvalue weighted by atomic mass is 16.5. The van der Waals surface area contributed by atoms with Gasteiger partial charge >= 0.3 is 0 Å². The number of hydrogen-bond donors (Lipinski definition) is 0. The summed E-state index contributed by atoms with van der Waals surface area (Å²) in [5, 5.41) is 0. The SMILES string of the molecule is CCN1CC2(CC(N3CCC(C)(C)C3)CO2)C1. The van der Waals surface area contributed by atoms with Gasteiger partial charge in [-0.15, -0.1) is 0 Å². The predicted molar refractivity (Wildman–Crippen MR) is 69.2 cm³/mol. The summed E-state index contributed by atoms with van der Waals surface area (Å²) in [5.41, 5.74) is 0.748. The Morgan fingerprint density at radius 1 is 1.24 bits per heavy atom. The maximum Gasteiger partial charge on any atom is 0.0951 e. The fourth-order valence-corrected chi connectivity index (χ4v) is 3.73. The molecule has 0 bridgehead atoms. The molecule has 0 aliphatic carbocycles. The highest BCUT2D eigenvalue weighted by molar-refractivity contribution is 5.04. The molecule has 3 fully saturated rings. The van der Waals surface area contributed by atoms with Crippen LogP contribution in [-0.2, 0) is 4.74 Å². The lowest BCUT2D eigenvalue weighted by Crippen LogP contribution is -2.61. The zero-order valence-corrected chi connectivity index (χ0v) is 11.5. The molecule has 0 aromatic heterocycles. The molecule has 17 heavy (non-hydrogen) atoms. The molecule has 1 spiro atoms. The van der Waals surface area contributed by atoms with Crippen molar-refractivity contribution in [1.82, 2.24) is 9.80 Å². The van der Waals surface area contributed by atoms with Crippen molar-refractivity contribution >= 4 is 0 Å². The Kier molecular flexibility index (Phi) is 2.77. The van der Waals surface area contributed by atoms with Crippen molar-refractivity contribution in [2.75, 3.05) is 39.3 Å². The van der Waals surface area contributed by atoms with E-state index in [4.69, 9.17) is 4.74 Å². The van der Waals surface area contributed by atoms with Crippen LogP contribution in [-0.4, -0.2) is 60.8 Å². The molecule has 1 atom stereocenters. The van der Waals surface area contributed by atoms with Gasteiger partial charge in [0.15, 0.2) is 0 Å². The molecule has 0 saturated carbocycles. The molecular formula is C14H26N2O. The molecule has 1 unspecified atom stereocenters. The number of rotatable bonds is 2. The number of likely N-dealkylation sites (tertiary alicyclic amines) is 2. The average Bonchev–Trinajstić information content (AvgIpc) is 2.79. The first kappa shape index (κ1) is 11.9. The zero-order chi connectivity index (χ0) is 12.1. The molecule has 0 amide bonds. The molecule has 3 aliphatic rings. The third kappa shape index (κ3) is 2.13. The van der Waals surface area contributed by atoms with Gasteiger partial charge in [0.05, 0.1) is 12.2 Å². The second kappa shape index (κ2) is 3.94. The first-order chi connectivity index (χ1) is 8.02. The van der Waals surface area contributed by atoms with Crippen LogP contribution in [0.4, 0.5) is 0 Å². The molecular weight excluding hydrogens is 212 g/mol. The zero-order valence-electron chi connectivity index (χ0n) is 11.5. The Bertz CT molecular complexity index is 297. The summed E-state index contributed by atoms with van der Waals surface area (Å²) in [4.78, 5) is 5.15. The van der Waals surface area contributed by atoms with Crippen LogP contribution in [0.25, 0.3) is 0 Å². The monoisotopic (exact) mass is 238 g/mol. The Hall–Kier alpha value is -0.120. The third-order valence-corrected chi connectivity index (χ3v) is 4.88. The van der Waals surface area contributed by atoms with Gasteiger partial charge in [0, 0.05) is 25.7 Å².